The normalized spacial score (nSPS) is 15.3. The average Bonchev–Trinajstić information content (AvgIpc) is 2.85. The van der Waals surface area contributed by atoms with E-state index in [1.54, 1.807) is 59.4 Å². The topological polar surface area (TPSA) is 136 Å². The van der Waals surface area contributed by atoms with Gasteiger partial charge in [-0.25, -0.2) is 15.0 Å². The van der Waals surface area contributed by atoms with Crippen LogP contribution in [0.2, 0.25) is 0 Å². The maximum atomic E-state index is 12.7. The van der Waals surface area contributed by atoms with Crippen LogP contribution in [0.15, 0.2) is 12.7 Å². The molecule has 0 spiro atoms. The quantitative estimate of drug-likeness (QED) is 0.653. The van der Waals surface area contributed by atoms with Crippen LogP contribution < -0.4 is 5.73 Å². The number of anilines is 1. The summed E-state index contributed by atoms with van der Waals surface area (Å²) in [7, 11) is -4.64. The Morgan fingerprint density at radius 3 is 2.19 bits per heavy atom. The van der Waals surface area contributed by atoms with Gasteiger partial charge in [-0.05, 0) is 6.92 Å². The Bertz CT molecular complexity index is 848. The molecule has 0 aliphatic rings. The molecule has 0 saturated heterocycles. The largest absolute Gasteiger partial charge is 0.382 e. The number of fused-ring (bicyclic) bond motifs is 1. The Morgan fingerprint density at radius 1 is 1.15 bits per heavy atom. The van der Waals surface area contributed by atoms with Gasteiger partial charge in [0.05, 0.1) is 19.0 Å². The molecule has 0 saturated carbocycles. The van der Waals surface area contributed by atoms with Crippen LogP contribution in [0.3, 0.4) is 0 Å². The van der Waals surface area contributed by atoms with Crippen molar-refractivity contribution in [1.29, 1.82) is 0 Å². The molecule has 27 heavy (non-hydrogen) atoms. The van der Waals surface area contributed by atoms with Gasteiger partial charge in [0.1, 0.15) is 11.8 Å². The summed E-state index contributed by atoms with van der Waals surface area (Å²) in [5.74, 6) is 0.279. The number of hydrogen-bond donors (Lipinski definition) is 3. The minimum absolute atomic E-state index is 0.279. The molecule has 152 valence electrons. The van der Waals surface area contributed by atoms with E-state index in [0.29, 0.717) is 17.7 Å². The van der Waals surface area contributed by atoms with Gasteiger partial charge in [0.15, 0.2) is 16.8 Å². The summed E-state index contributed by atoms with van der Waals surface area (Å²) < 4.78 is 20.6. The monoisotopic (exact) mass is 399 g/mol. The van der Waals surface area contributed by atoms with Gasteiger partial charge in [0.25, 0.3) is 0 Å². The van der Waals surface area contributed by atoms with Gasteiger partial charge < -0.3 is 24.8 Å². The van der Waals surface area contributed by atoms with Gasteiger partial charge >= 0.3 is 7.60 Å². The van der Waals surface area contributed by atoms with Crippen LogP contribution >= 0.6 is 7.60 Å². The summed E-state index contributed by atoms with van der Waals surface area (Å²) in [6.07, 6.45) is 2.40. The maximum Gasteiger partial charge on any atom is 0.358 e. The highest BCUT2D eigenvalue weighted by Gasteiger charge is 2.64. The van der Waals surface area contributed by atoms with Gasteiger partial charge in [-0.3, -0.25) is 4.57 Å². The first-order valence-electron chi connectivity index (χ1n) is 8.76. The van der Waals surface area contributed by atoms with Gasteiger partial charge in [0.2, 0.25) is 0 Å². The second kappa shape index (κ2) is 6.81. The highest BCUT2D eigenvalue weighted by atomic mass is 31.2. The number of ether oxygens (including phenoxy) is 1. The van der Waals surface area contributed by atoms with Crippen molar-refractivity contribution in [2.75, 3.05) is 5.73 Å². The SMILES string of the molecule is CC(Cn1cnc2c(N)ncnc21)OC(C(C)(C)C)(C(C)(C)C)P(=O)(O)O. The zero-order valence-corrected chi connectivity index (χ0v) is 17.9. The first-order chi connectivity index (χ1) is 12.1. The van der Waals surface area contributed by atoms with Crippen molar-refractivity contribution >= 4 is 24.6 Å². The van der Waals surface area contributed by atoms with Gasteiger partial charge in [-0.1, -0.05) is 41.5 Å². The van der Waals surface area contributed by atoms with Crippen LogP contribution in [0.4, 0.5) is 5.82 Å². The van der Waals surface area contributed by atoms with Crippen LogP contribution in [0.25, 0.3) is 11.2 Å². The summed E-state index contributed by atoms with van der Waals surface area (Å²) in [5, 5.41) is -1.68. The third-order valence-electron chi connectivity index (χ3n) is 4.70. The molecule has 9 nitrogen and oxygen atoms in total. The van der Waals surface area contributed by atoms with Crippen LogP contribution in [0, 0.1) is 10.8 Å². The van der Waals surface area contributed by atoms with E-state index in [0.717, 1.165) is 0 Å². The lowest BCUT2D eigenvalue weighted by molar-refractivity contribution is -0.162. The maximum absolute atomic E-state index is 12.7. The minimum Gasteiger partial charge on any atom is -0.382 e. The molecular formula is C17H30N5O4P. The van der Waals surface area contributed by atoms with E-state index >= 15 is 0 Å². The molecule has 0 aliphatic carbocycles. The van der Waals surface area contributed by atoms with Crippen LogP contribution in [-0.4, -0.2) is 40.8 Å². The van der Waals surface area contributed by atoms with E-state index in [1.165, 1.54) is 6.33 Å². The van der Waals surface area contributed by atoms with Crippen molar-refractivity contribution in [3.63, 3.8) is 0 Å². The highest BCUT2D eigenvalue weighted by molar-refractivity contribution is 7.53. The summed E-state index contributed by atoms with van der Waals surface area (Å²) in [6, 6.07) is 0. The van der Waals surface area contributed by atoms with Crippen molar-refractivity contribution in [3.8, 4) is 0 Å². The van der Waals surface area contributed by atoms with E-state index in [-0.39, 0.29) is 5.82 Å². The van der Waals surface area contributed by atoms with Gasteiger partial charge in [-0.2, -0.15) is 0 Å². The molecule has 0 radical (unpaired) electrons. The number of nitrogens with two attached hydrogens (primary N) is 1. The van der Waals surface area contributed by atoms with Crippen molar-refractivity contribution in [2.24, 2.45) is 10.8 Å². The summed E-state index contributed by atoms with van der Waals surface area (Å²) in [5.41, 5.74) is 5.21. The molecule has 4 N–H and O–H groups in total. The smallest absolute Gasteiger partial charge is 0.358 e. The van der Waals surface area contributed by atoms with Gasteiger partial charge in [-0.15, -0.1) is 0 Å². The van der Waals surface area contributed by atoms with Crippen molar-refractivity contribution in [1.82, 2.24) is 19.5 Å². The molecule has 1 atom stereocenters. The fraction of sp³-hybridized carbons (Fsp3) is 0.706. The molecular weight excluding hydrogens is 369 g/mol. The summed E-state index contributed by atoms with van der Waals surface area (Å²) in [6.45, 7) is 12.8. The standard InChI is InChI=1S/C17H30N5O4P/c1-11(8-22-10-21-12-13(18)19-9-20-14(12)22)26-17(15(2,3)4,16(5,6)7)27(23,24)25/h9-11H,8H2,1-7H3,(H2,18,19,20)(H2,23,24,25). The second-order valence-corrected chi connectivity index (χ2v) is 10.7. The number of imidazole rings is 1. The van der Waals surface area contributed by atoms with Gasteiger partial charge in [0, 0.05) is 10.8 Å². The molecule has 0 bridgehead atoms. The van der Waals surface area contributed by atoms with E-state index in [4.69, 9.17) is 10.5 Å². The van der Waals surface area contributed by atoms with E-state index < -0.39 is 29.9 Å². The highest BCUT2D eigenvalue weighted by Crippen LogP contribution is 2.67. The fourth-order valence-corrected chi connectivity index (χ4v) is 6.12. The molecule has 0 fully saturated rings. The molecule has 2 aromatic rings. The first-order valence-corrected chi connectivity index (χ1v) is 10.4. The predicted octanol–water partition coefficient (Wildman–Crippen LogP) is 2.78. The first kappa shape index (κ1) is 21.8. The molecule has 2 rings (SSSR count). The third kappa shape index (κ3) is 3.74. The van der Waals surface area contributed by atoms with E-state index in [2.05, 4.69) is 15.0 Å². The number of hydrogen-bond acceptors (Lipinski definition) is 6. The minimum atomic E-state index is -4.64. The Kier molecular flexibility index (Phi) is 5.49. The van der Waals surface area contributed by atoms with Crippen molar-refractivity contribution in [2.45, 2.75) is 66.5 Å². The van der Waals surface area contributed by atoms with Crippen LogP contribution in [0.1, 0.15) is 48.5 Å². The summed E-state index contributed by atoms with van der Waals surface area (Å²) in [4.78, 5) is 33.0. The average molecular weight is 399 g/mol. The lowest BCUT2D eigenvalue weighted by Gasteiger charge is -2.53. The molecule has 2 heterocycles. The second-order valence-electron chi connectivity index (χ2n) is 8.94. The van der Waals surface area contributed by atoms with Crippen LogP contribution in [0.5, 0.6) is 0 Å². The molecule has 2 aromatic heterocycles. The Morgan fingerprint density at radius 2 is 1.70 bits per heavy atom. The lowest BCUT2D eigenvalue weighted by atomic mass is 9.73. The molecule has 0 aromatic carbocycles. The number of aromatic nitrogens is 4. The van der Waals surface area contributed by atoms with Crippen molar-refractivity contribution in [3.05, 3.63) is 12.7 Å². The van der Waals surface area contributed by atoms with Crippen LogP contribution in [-0.2, 0) is 15.8 Å². The van der Waals surface area contributed by atoms with Crippen molar-refractivity contribution < 1.29 is 19.1 Å². The third-order valence-corrected chi connectivity index (χ3v) is 6.97. The summed E-state index contributed by atoms with van der Waals surface area (Å²) >= 11 is 0. The van der Waals surface area contributed by atoms with E-state index in [9.17, 15) is 14.4 Å². The predicted molar refractivity (Wildman–Crippen MR) is 104 cm³/mol. The zero-order chi connectivity index (χ0) is 20.8. The van der Waals surface area contributed by atoms with E-state index in [1.807, 2.05) is 0 Å². The fourth-order valence-electron chi connectivity index (χ4n) is 4.06. The number of nitrogen functional groups attached to an aromatic ring is 1. The number of nitrogens with zero attached hydrogens (tertiary/aromatic N) is 4. The zero-order valence-electron chi connectivity index (χ0n) is 17.0. The Balaban J connectivity index is 2.43. The Labute approximate surface area is 159 Å². The molecule has 1 unspecified atom stereocenters. The Hall–Kier alpha value is -1.54. The lowest BCUT2D eigenvalue weighted by Crippen LogP contribution is -2.56. The molecule has 10 heteroatoms. The molecule has 0 aliphatic heterocycles. The number of rotatable bonds is 5. The molecule has 0 amide bonds.